The summed E-state index contributed by atoms with van der Waals surface area (Å²) in [5.74, 6) is -4.33. The number of ether oxygens (including phenoxy) is 1. The Hall–Kier alpha value is -3.60. The molecule has 1 aromatic rings. The first-order chi connectivity index (χ1) is 14.5. The molecule has 0 unspecified atom stereocenters. The lowest BCUT2D eigenvalue weighted by Crippen LogP contribution is -2.66. The molecule has 168 valence electrons. The number of rotatable bonds is 11. The van der Waals surface area contributed by atoms with Crippen molar-refractivity contribution in [2.45, 2.75) is 5.60 Å². The summed E-state index contributed by atoms with van der Waals surface area (Å²) in [5.41, 5.74) is 1.20. The minimum absolute atomic E-state index is 0.222. The van der Waals surface area contributed by atoms with Gasteiger partial charge in [0.1, 0.15) is 0 Å². The van der Waals surface area contributed by atoms with E-state index in [0.717, 1.165) is 0 Å². The Bertz CT molecular complexity index is 828. The molecular weight excluding hydrogens is 410 g/mol. The van der Waals surface area contributed by atoms with Crippen molar-refractivity contribution >= 4 is 29.2 Å². The highest BCUT2D eigenvalue weighted by Gasteiger charge is 2.62. The largest absolute Gasteiger partial charge is 0.478 e. The number of benzene rings is 1. The van der Waals surface area contributed by atoms with Crippen LogP contribution in [0.3, 0.4) is 0 Å². The lowest BCUT2D eigenvalue weighted by molar-refractivity contribution is -0.195. The molecular formula is C21H25NO9. The first kappa shape index (κ1) is 27.4. The van der Waals surface area contributed by atoms with Crippen molar-refractivity contribution in [2.24, 2.45) is 5.41 Å². The molecule has 1 rings (SSSR count). The van der Waals surface area contributed by atoms with Gasteiger partial charge in [-0.3, -0.25) is 9.59 Å². The maximum absolute atomic E-state index is 12.2. The summed E-state index contributed by atoms with van der Waals surface area (Å²) >= 11 is 0. The van der Waals surface area contributed by atoms with Crippen LogP contribution in [0.15, 0.2) is 62.2 Å². The van der Waals surface area contributed by atoms with E-state index < -0.39 is 54.3 Å². The Morgan fingerprint density at radius 2 is 1.42 bits per heavy atom. The molecule has 0 fully saturated rings. The van der Waals surface area contributed by atoms with Crippen LogP contribution in [-0.2, 0) is 19.1 Å². The van der Waals surface area contributed by atoms with E-state index in [-0.39, 0.29) is 5.56 Å². The van der Waals surface area contributed by atoms with Gasteiger partial charge < -0.3 is 30.9 Å². The summed E-state index contributed by atoms with van der Waals surface area (Å²) in [6.45, 7) is 6.50. The normalized spacial score (nSPS) is 10.7. The Kier molecular flexibility index (Phi) is 10.8. The van der Waals surface area contributed by atoms with Gasteiger partial charge in [0.2, 0.25) is 17.2 Å². The predicted octanol–water partition coefficient (Wildman–Crippen LogP) is -0.105. The maximum atomic E-state index is 12.2. The van der Waals surface area contributed by atoms with E-state index in [1.165, 1.54) is 12.1 Å². The maximum Gasteiger partial charge on any atom is 0.335 e. The molecule has 0 aromatic heterocycles. The van der Waals surface area contributed by atoms with Crippen LogP contribution in [0.2, 0.25) is 0 Å². The second-order valence-corrected chi connectivity index (χ2v) is 6.13. The first-order valence-corrected chi connectivity index (χ1v) is 8.66. The minimum Gasteiger partial charge on any atom is -0.478 e. The van der Waals surface area contributed by atoms with E-state index in [2.05, 4.69) is 19.7 Å². The van der Waals surface area contributed by atoms with Gasteiger partial charge in [-0.1, -0.05) is 25.8 Å². The number of nitrogens with two attached hydrogens (primary N) is 1. The zero-order valence-electron chi connectivity index (χ0n) is 16.7. The standard InChI is InChI=1S/C14H18O7.C7H7NO2/c1-4-10(18)14(11(19)5-2,21-12(20)6-3)13(7-15,8-16)9-17;8-6-3-1-2-5(4-6)7(9)10/h4-6,15-17H,1-3,7-9H2;1-4H,8H2,(H,9,10). The Balaban J connectivity index is 0.000000743. The molecule has 0 amide bonds. The van der Waals surface area contributed by atoms with E-state index in [4.69, 9.17) is 15.6 Å². The summed E-state index contributed by atoms with van der Waals surface area (Å²) in [6.07, 6.45) is 2.07. The van der Waals surface area contributed by atoms with Crippen molar-refractivity contribution in [2.75, 3.05) is 25.6 Å². The topological polar surface area (TPSA) is 184 Å². The van der Waals surface area contributed by atoms with E-state index in [1.54, 1.807) is 12.1 Å². The fraction of sp³-hybridized carbons (Fsp3) is 0.238. The number of aliphatic hydroxyl groups is 3. The molecule has 0 saturated carbocycles. The van der Waals surface area contributed by atoms with Crippen LogP contribution in [0, 0.1) is 5.41 Å². The molecule has 10 nitrogen and oxygen atoms in total. The quantitative estimate of drug-likeness (QED) is 0.136. The SMILES string of the molecule is C=CC(=O)OC(C(=O)C=C)(C(=O)C=C)C(CO)(CO)CO.Nc1cccc(C(=O)O)c1. The Morgan fingerprint density at radius 3 is 1.71 bits per heavy atom. The average Bonchev–Trinajstić information content (AvgIpc) is 2.78. The Labute approximate surface area is 178 Å². The zero-order chi connectivity index (χ0) is 24.2. The second kappa shape index (κ2) is 12.2. The lowest BCUT2D eigenvalue weighted by Gasteiger charge is -2.43. The van der Waals surface area contributed by atoms with Gasteiger partial charge in [0.15, 0.2) is 0 Å². The molecule has 0 bridgehead atoms. The van der Waals surface area contributed by atoms with Gasteiger partial charge in [-0.2, -0.15) is 0 Å². The number of esters is 1. The van der Waals surface area contributed by atoms with Crippen LogP contribution in [0.25, 0.3) is 0 Å². The summed E-state index contributed by atoms with van der Waals surface area (Å²) < 4.78 is 4.85. The highest BCUT2D eigenvalue weighted by molar-refractivity contribution is 6.20. The van der Waals surface area contributed by atoms with E-state index >= 15 is 0 Å². The third-order valence-corrected chi connectivity index (χ3v) is 4.27. The summed E-state index contributed by atoms with van der Waals surface area (Å²) in [5, 5.41) is 36.9. The smallest absolute Gasteiger partial charge is 0.335 e. The molecule has 10 heteroatoms. The average molecular weight is 435 g/mol. The van der Waals surface area contributed by atoms with Crippen LogP contribution in [-0.4, -0.2) is 69.4 Å². The predicted molar refractivity (Wildman–Crippen MR) is 111 cm³/mol. The fourth-order valence-corrected chi connectivity index (χ4v) is 2.49. The number of aliphatic hydroxyl groups excluding tert-OH is 3. The van der Waals surface area contributed by atoms with Crippen LogP contribution in [0.5, 0.6) is 0 Å². The summed E-state index contributed by atoms with van der Waals surface area (Å²) in [6, 6.07) is 6.17. The number of anilines is 1. The monoisotopic (exact) mass is 435 g/mol. The molecule has 0 spiro atoms. The van der Waals surface area contributed by atoms with Gasteiger partial charge in [0, 0.05) is 11.8 Å². The molecule has 0 atom stereocenters. The molecule has 6 N–H and O–H groups in total. The van der Waals surface area contributed by atoms with Gasteiger partial charge in [-0.05, 0) is 30.4 Å². The molecule has 31 heavy (non-hydrogen) atoms. The number of ketones is 2. The van der Waals surface area contributed by atoms with Gasteiger partial charge in [0.25, 0.3) is 0 Å². The van der Waals surface area contributed by atoms with Gasteiger partial charge in [-0.15, -0.1) is 0 Å². The number of carbonyl (C=O) groups excluding carboxylic acids is 3. The summed E-state index contributed by atoms with van der Waals surface area (Å²) in [7, 11) is 0. The van der Waals surface area contributed by atoms with Gasteiger partial charge in [-0.25, -0.2) is 9.59 Å². The number of carboxylic acid groups (broad SMARTS) is 1. The lowest BCUT2D eigenvalue weighted by atomic mass is 9.68. The Morgan fingerprint density at radius 1 is 0.935 bits per heavy atom. The van der Waals surface area contributed by atoms with Gasteiger partial charge >= 0.3 is 11.9 Å². The van der Waals surface area contributed by atoms with Crippen LogP contribution in [0.1, 0.15) is 10.4 Å². The first-order valence-electron chi connectivity index (χ1n) is 8.66. The van der Waals surface area contributed by atoms with E-state index in [0.29, 0.717) is 23.9 Å². The molecule has 0 aliphatic carbocycles. The molecule has 1 aromatic carbocycles. The molecule has 0 heterocycles. The molecule has 0 saturated heterocycles. The third kappa shape index (κ3) is 5.95. The van der Waals surface area contributed by atoms with Crippen molar-refractivity contribution in [1.82, 2.24) is 0 Å². The zero-order valence-corrected chi connectivity index (χ0v) is 16.7. The number of carboxylic acids is 1. The van der Waals surface area contributed by atoms with Crippen molar-refractivity contribution < 1.29 is 44.3 Å². The molecule has 0 aliphatic rings. The minimum atomic E-state index is -2.68. The highest BCUT2D eigenvalue weighted by Crippen LogP contribution is 2.37. The van der Waals surface area contributed by atoms with E-state index in [9.17, 15) is 34.5 Å². The fourth-order valence-electron chi connectivity index (χ4n) is 2.49. The van der Waals surface area contributed by atoms with E-state index in [1.807, 2.05) is 0 Å². The third-order valence-electron chi connectivity index (χ3n) is 4.27. The van der Waals surface area contributed by atoms with Crippen molar-refractivity contribution in [3.8, 4) is 0 Å². The number of carbonyl (C=O) groups is 4. The molecule has 0 radical (unpaired) electrons. The van der Waals surface area contributed by atoms with Crippen molar-refractivity contribution in [1.29, 1.82) is 0 Å². The number of hydrogen-bond donors (Lipinski definition) is 5. The number of aromatic carboxylic acids is 1. The van der Waals surface area contributed by atoms with Crippen LogP contribution >= 0.6 is 0 Å². The van der Waals surface area contributed by atoms with Gasteiger partial charge in [0.05, 0.1) is 30.8 Å². The number of hydrogen-bond acceptors (Lipinski definition) is 9. The van der Waals surface area contributed by atoms with Crippen molar-refractivity contribution in [3.05, 3.63) is 67.8 Å². The summed E-state index contributed by atoms with van der Waals surface area (Å²) in [4.78, 5) is 46.2. The van der Waals surface area contributed by atoms with Crippen LogP contribution < -0.4 is 5.73 Å². The second-order valence-electron chi connectivity index (χ2n) is 6.13. The van der Waals surface area contributed by atoms with Crippen LogP contribution in [0.4, 0.5) is 5.69 Å². The molecule has 0 aliphatic heterocycles. The number of nitrogen functional groups attached to an aromatic ring is 1. The highest BCUT2D eigenvalue weighted by atomic mass is 16.6. The van der Waals surface area contributed by atoms with Crippen molar-refractivity contribution in [3.63, 3.8) is 0 Å².